The zero-order valence-electron chi connectivity index (χ0n) is 12.8. The van der Waals surface area contributed by atoms with Gasteiger partial charge in [-0.25, -0.2) is 12.7 Å². The summed E-state index contributed by atoms with van der Waals surface area (Å²) < 4.78 is 24.9. The van der Waals surface area contributed by atoms with E-state index >= 15 is 0 Å². The van der Waals surface area contributed by atoms with Gasteiger partial charge in [-0.1, -0.05) is 18.2 Å². The molecule has 0 spiro atoms. The van der Waals surface area contributed by atoms with Crippen molar-refractivity contribution in [3.63, 3.8) is 0 Å². The summed E-state index contributed by atoms with van der Waals surface area (Å²) in [7, 11) is -1.00. The van der Waals surface area contributed by atoms with Gasteiger partial charge < -0.3 is 10.6 Å². The van der Waals surface area contributed by atoms with Crippen molar-refractivity contribution < 1.29 is 8.42 Å². The average molecular weight is 311 g/mol. The lowest BCUT2D eigenvalue weighted by molar-refractivity contribution is 0.197. The molecule has 1 aliphatic heterocycles. The number of rotatable bonds is 5. The van der Waals surface area contributed by atoms with Gasteiger partial charge in [0.15, 0.2) is 0 Å². The lowest BCUT2D eigenvalue weighted by Crippen LogP contribution is -2.42. The number of nitrogen functional groups attached to an aromatic ring is 1. The third-order valence-corrected chi connectivity index (χ3v) is 5.29. The number of hydrogen-bond acceptors (Lipinski definition) is 4. The average Bonchev–Trinajstić information content (AvgIpc) is 2.41. The minimum absolute atomic E-state index is 0.392. The number of nitrogens with two attached hydrogens (primary N) is 1. The molecule has 1 fully saturated rings. The molecule has 1 heterocycles. The van der Waals surface area contributed by atoms with E-state index in [4.69, 9.17) is 5.73 Å². The van der Waals surface area contributed by atoms with E-state index in [-0.39, 0.29) is 0 Å². The van der Waals surface area contributed by atoms with E-state index in [1.165, 1.54) is 6.26 Å². The Kier molecular flexibility index (Phi) is 5.24. The Bertz CT molecular complexity index is 574. The number of anilines is 1. The molecule has 1 unspecified atom stereocenters. The maximum absolute atomic E-state index is 11.6. The zero-order chi connectivity index (χ0) is 15.5. The summed E-state index contributed by atoms with van der Waals surface area (Å²) in [6.07, 6.45) is 3.32. The van der Waals surface area contributed by atoms with Crippen LogP contribution in [0.3, 0.4) is 0 Å². The van der Waals surface area contributed by atoms with E-state index in [2.05, 4.69) is 11.9 Å². The Balaban J connectivity index is 1.91. The van der Waals surface area contributed by atoms with Crippen molar-refractivity contribution in [2.75, 3.05) is 38.7 Å². The van der Waals surface area contributed by atoms with E-state index in [0.717, 1.165) is 37.2 Å². The highest BCUT2D eigenvalue weighted by Gasteiger charge is 2.26. The molecule has 1 aliphatic rings. The Labute approximate surface area is 127 Å². The van der Waals surface area contributed by atoms with Crippen molar-refractivity contribution in [2.24, 2.45) is 5.92 Å². The minimum Gasteiger partial charge on any atom is -0.398 e. The lowest BCUT2D eigenvalue weighted by Gasteiger charge is -2.33. The van der Waals surface area contributed by atoms with E-state index in [0.29, 0.717) is 19.0 Å². The van der Waals surface area contributed by atoms with Crippen LogP contribution in [0.1, 0.15) is 18.4 Å². The summed E-state index contributed by atoms with van der Waals surface area (Å²) in [5.41, 5.74) is 7.90. The molecule has 0 bridgehead atoms. The van der Waals surface area contributed by atoms with Crippen LogP contribution in [-0.4, -0.2) is 50.6 Å². The van der Waals surface area contributed by atoms with Crippen molar-refractivity contribution in [2.45, 2.75) is 19.4 Å². The monoisotopic (exact) mass is 311 g/mol. The maximum atomic E-state index is 11.6. The number of hydrogen-bond donors (Lipinski definition) is 1. The lowest BCUT2D eigenvalue weighted by atomic mass is 9.99. The normalized spacial score (nSPS) is 20.8. The van der Waals surface area contributed by atoms with Gasteiger partial charge in [0.25, 0.3) is 0 Å². The largest absolute Gasteiger partial charge is 0.398 e. The molecule has 6 heteroatoms. The van der Waals surface area contributed by atoms with Crippen LogP contribution in [0.5, 0.6) is 0 Å². The molecule has 1 aromatic carbocycles. The Morgan fingerprint density at radius 2 is 2.10 bits per heavy atom. The molecule has 2 N–H and O–H groups in total. The quantitative estimate of drug-likeness (QED) is 0.834. The van der Waals surface area contributed by atoms with E-state index in [1.807, 2.05) is 24.3 Å². The van der Waals surface area contributed by atoms with Gasteiger partial charge in [0.2, 0.25) is 10.0 Å². The summed E-state index contributed by atoms with van der Waals surface area (Å²) in [5.74, 6) is 0.392. The van der Waals surface area contributed by atoms with Gasteiger partial charge in [0.05, 0.1) is 6.26 Å². The maximum Gasteiger partial charge on any atom is 0.211 e. The minimum atomic E-state index is -3.07. The number of benzene rings is 1. The number of sulfonamides is 1. The van der Waals surface area contributed by atoms with Crippen molar-refractivity contribution >= 4 is 15.7 Å². The molecule has 1 aromatic rings. The van der Waals surface area contributed by atoms with Crippen LogP contribution in [0, 0.1) is 5.92 Å². The molecule has 0 radical (unpaired) electrons. The van der Waals surface area contributed by atoms with Gasteiger partial charge in [0.1, 0.15) is 0 Å². The number of piperidine rings is 1. The summed E-state index contributed by atoms with van der Waals surface area (Å²) in [5, 5.41) is 0. The Morgan fingerprint density at radius 1 is 1.38 bits per heavy atom. The molecular formula is C15H25N3O2S. The van der Waals surface area contributed by atoms with E-state index in [1.54, 1.807) is 4.31 Å². The summed E-state index contributed by atoms with van der Waals surface area (Å²) >= 11 is 0. The highest BCUT2D eigenvalue weighted by atomic mass is 32.2. The standard InChI is InChI=1S/C15H25N3O2S/c1-17(12-14-7-3-4-8-15(14)16)10-13-6-5-9-18(11-13)21(2,19)20/h3-4,7-8,13H,5-6,9-12,16H2,1-2H3. The fourth-order valence-electron chi connectivity index (χ4n) is 2.95. The first-order valence-electron chi connectivity index (χ1n) is 7.33. The van der Waals surface area contributed by atoms with E-state index in [9.17, 15) is 8.42 Å². The second kappa shape index (κ2) is 6.77. The first kappa shape index (κ1) is 16.3. The number of para-hydroxylation sites is 1. The summed E-state index contributed by atoms with van der Waals surface area (Å²) in [6, 6.07) is 7.88. The molecule has 0 amide bonds. The summed E-state index contributed by atoms with van der Waals surface area (Å²) in [6.45, 7) is 2.97. The van der Waals surface area contributed by atoms with Gasteiger partial charge >= 0.3 is 0 Å². The molecule has 0 saturated carbocycles. The molecule has 118 valence electrons. The number of nitrogens with zero attached hydrogens (tertiary/aromatic N) is 2. The second-order valence-electron chi connectivity index (χ2n) is 6.02. The fourth-order valence-corrected chi connectivity index (χ4v) is 3.89. The van der Waals surface area contributed by atoms with Crippen molar-refractivity contribution in [1.29, 1.82) is 0 Å². The van der Waals surface area contributed by atoms with Gasteiger partial charge in [-0.05, 0) is 37.4 Å². The van der Waals surface area contributed by atoms with Crippen molar-refractivity contribution in [1.82, 2.24) is 9.21 Å². The molecule has 21 heavy (non-hydrogen) atoms. The molecule has 2 rings (SSSR count). The highest BCUT2D eigenvalue weighted by molar-refractivity contribution is 7.88. The predicted octanol–water partition coefficient (Wildman–Crippen LogP) is 1.37. The predicted molar refractivity (Wildman–Crippen MR) is 86.3 cm³/mol. The Hall–Kier alpha value is -1.11. The van der Waals surface area contributed by atoms with Crippen LogP contribution in [0.4, 0.5) is 5.69 Å². The van der Waals surface area contributed by atoms with Gasteiger partial charge in [-0.2, -0.15) is 0 Å². The smallest absolute Gasteiger partial charge is 0.211 e. The van der Waals surface area contributed by atoms with Crippen LogP contribution < -0.4 is 5.73 Å². The molecular weight excluding hydrogens is 286 g/mol. The van der Waals surface area contributed by atoms with Crippen LogP contribution in [0.25, 0.3) is 0 Å². The van der Waals surface area contributed by atoms with Crippen LogP contribution >= 0.6 is 0 Å². The molecule has 5 nitrogen and oxygen atoms in total. The fraction of sp³-hybridized carbons (Fsp3) is 0.600. The zero-order valence-corrected chi connectivity index (χ0v) is 13.6. The van der Waals surface area contributed by atoms with Crippen molar-refractivity contribution in [3.8, 4) is 0 Å². The SMILES string of the molecule is CN(Cc1ccccc1N)CC1CCCN(S(C)(=O)=O)C1. The van der Waals surface area contributed by atoms with Crippen LogP contribution in [-0.2, 0) is 16.6 Å². The summed E-state index contributed by atoms with van der Waals surface area (Å²) in [4.78, 5) is 2.22. The van der Waals surface area contributed by atoms with Crippen molar-refractivity contribution in [3.05, 3.63) is 29.8 Å². The van der Waals surface area contributed by atoms with Gasteiger partial charge in [-0.3, -0.25) is 0 Å². The molecule has 0 aromatic heterocycles. The molecule has 1 atom stereocenters. The van der Waals surface area contributed by atoms with Crippen LogP contribution in [0.15, 0.2) is 24.3 Å². The van der Waals surface area contributed by atoms with Crippen LogP contribution in [0.2, 0.25) is 0 Å². The van der Waals surface area contributed by atoms with Gasteiger partial charge in [-0.15, -0.1) is 0 Å². The first-order valence-corrected chi connectivity index (χ1v) is 9.18. The topological polar surface area (TPSA) is 66.6 Å². The first-order chi connectivity index (χ1) is 9.86. The molecule has 0 aliphatic carbocycles. The third-order valence-electron chi connectivity index (χ3n) is 4.02. The highest BCUT2D eigenvalue weighted by Crippen LogP contribution is 2.20. The Morgan fingerprint density at radius 3 is 2.76 bits per heavy atom. The van der Waals surface area contributed by atoms with E-state index < -0.39 is 10.0 Å². The second-order valence-corrected chi connectivity index (χ2v) is 8.01. The molecule has 1 saturated heterocycles. The third kappa shape index (κ3) is 4.69. The van der Waals surface area contributed by atoms with Gasteiger partial charge in [0, 0.05) is 31.9 Å².